The van der Waals surface area contributed by atoms with Crippen molar-refractivity contribution < 1.29 is 9.53 Å². The predicted octanol–water partition coefficient (Wildman–Crippen LogP) is 4.65. The first kappa shape index (κ1) is 21.9. The van der Waals surface area contributed by atoms with Crippen molar-refractivity contribution in [2.45, 2.75) is 38.4 Å². The molecule has 0 spiro atoms. The molecule has 2 aromatic carbocycles. The number of hydrogen-bond donors (Lipinski definition) is 2. The van der Waals surface area contributed by atoms with Gasteiger partial charge in [-0.25, -0.2) is 4.98 Å². The highest BCUT2D eigenvalue weighted by atomic mass is 32.2. The molecule has 3 aromatic rings. The van der Waals surface area contributed by atoms with Gasteiger partial charge < -0.3 is 10.1 Å². The van der Waals surface area contributed by atoms with Crippen LogP contribution in [0.15, 0.2) is 53.7 Å². The number of ether oxygens (including phenoxy) is 1. The second-order valence-electron chi connectivity index (χ2n) is 7.37. The Morgan fingerprint density at radius 2 is 1.83 bits per heavy atom. The van der Waals surface area contributed by atoms with Gasteiger partial charge in [0.25, 0.3) is 0 Å². The van der Waals surface area contributed by atoms with E-state index in [4.69, 9.17) is 4.74 Å². The quantitative estimate of drug-likeness (QED) is 0.489. The highest BCUT2D eigenvalue weighted by Crippen LogP contribution is 2.24. The van der Waals surface area contributed by atoms with E-state index >= 15 is 0 Å². The van der Waals surface area contributed by atoms with Crippen LogP contribution in [-0.4, -0.2) is 34.0 Å². The molecule has 3 rings (SSSR count). The van der Waals surface area contributed by atoms with Gasteiger partial charge in [0.1, 0.15) is 5.75 Å². The molecule has 7 heteroatoms. The number of nitrogens with zero attached hydrogens (tertiary/aromatic N) is 2. The maximum absolute atomic E-state index is 12.6. The Morgan fingerprint density at radius 3 is 2.43 bits per heavy atom. The number of carbonyl (C=O) groups is 1. The lowest BCUT2D eigenvalue weighted by atomic mass is 9.95. The maximum atomic E-state index is 12.6. The minimum Gasteiger partial charge on any atom is -0.497 e. The molecule has 0 aliphatic heterocycles. The molecule has 1 heterocycles. The van der Waals surface area contributed by atoms with Gasteiger partial charge in [-0.2, -0.15) is 0 Å². The maximum Gasteiger partial charge on any atom is 0.230 e. The number of nitrogens with one attached hydrogen (secondary N) is 2. The second-order valence-corrected chi connectivity index (χ2v) is 8.31. The molecular formula is C23H28N4O2S. The Morgan fingerprint density at radius 1 is 1.13 bits per heavy atom. The summed E-state index contributed by atoms with van der Waals surface area (Å²) in [6.45, 7) is 6.36. The molecule has 1 atom stereocenters. The Balaban J connectivity index is 1.58. The van der Waals surface area contributed by atoms with Crippen molar-refractivity contribution in [1.29, 1.82) is 0 Å². The van der Waals surface area contributed by atoms with Crippen molar-refractivity contribution in [3.8, 4) is 17.1 Å². The summed E-state index contributed by atoms with van der Waals surface area (Å²) in [5.41, 5.74) is 3.33. The van der Waals surface area contributed by atoms with Crippen LogP contribution in [0.5, 0.6) is 5.75 Å². The molecule has 2 N–H and O–H groups in total. The second kappa shape index (κ2) is 10.3. The van der Waals surface area contributed by atoms with Crippen LogP contribution in [0, 0.1) is 5.92 Å². The van der Waals surface area contributed by atoms with E-state index in [1.54, 1.807) is 7.11 Å². The van der Waals surface area contributed by atoms with E-state index < -0.39 is 0 Å². The van der Waals surface area contributed by atoms with Crippen molar-refractivity contribution in [2.24, 2.45) is 5.92 Å². The first-order chi connectivity index (χ1) is 14.5. The smallest absolute Gasteiger partial charge is 0.230 e. The van der Waals surface area contributed by atoms with Gasteiger partial charge in [-0.3, -0.25) is 9.89 Å². The van der Waals surface area contributed by atoms with Crippen molar-refractivity contribution in [1.82, 2.24) is 20.5 Å². The Kier molecular flexibility index (Phi) is 7.52. The number of methoxy groups -OCH3 is 1. The standard InChI is InChI=1S/C23H28N4O2S/c1-5-16-6-8-17(9-7-16)21(15(2)3)24-20(28)14-30-23-25-22(26-27-23)18-10-12-19(29-4)13-11-18/h6-13,15,21H,5,14H2,1-4H3,(H,24,28)(H,25,26,27)/t21-/m0/s1. The number of benzene rings is 2. The topological polar surface area (TPSA) is 79.9 Å². The first-order valence-electron chi connectivity index (χ1n) is 10.1. The predicted molar refractivity (Wildman–Crippen MR) is 121 cm³/mol. The van der Waals surface area contributed by atoms with Crippen molar-refractivity contribution in [2.75, 3.05) is 12.9 Å². The lowest BCUT2D eigenvalue weighted by molar-refractivity contribution is -0.119. The molecule has 0 unspecified atom stereocenters. The van der Waals surface area contributed by atoms with Crippen LogP contribution in [0.25, 0.3) is 11.4 Å². The third-order valence-electron chi connectivity index (χ3n) is 4.89. The van der Waals surface area contributed by atoms with Gasteiger partial charge in [-0.05, 0) is 47.7 Å². The van der Waals surface area contributed by atoms with E-state index in [9.17, 15) is 4.79 Å². The van der Waals surface area contributed by atoms with Gasteiger partial charge >= 0.3 is 0 Å². The molecular weight excluding hydrogens is 396 g/mol. The summed E-state index contributed by atoms with van der Waals surface area (Å²) in [6, 6.07) is 16.0. The number of rotatable bonds is 9. The highest BCUT2D eigenvalue weighted by Gasteiger charge is 2.19. The average Bonchev–Trinajstić information content (AvgIpc) is 3.25. The molecule has 6 nitrogen and oxygen atoms in total. The van der Waals surface area contributed by atoms with Crippen LogP contribution in [0.2, 0.25) is 0 Å². The average molecular weight is 425 g/mol. The van der Waals surface area contributed by atoms with Crippen LogP contribution in [0.1, 0.15) is 37.9 Å². The van der Waals surface area contributed by atoms with Gasteiger partial charge in [0.05, 0.1) is 18.9 Å². The molecule has 0 saturated heterocycles. The summed E-state index contributed by atoms with van der Waals surface area (Å²) in [6.07, 6.45) is 1.00. The number of H-pyrrole nitrogens is 1. The zero-order chi connectivity index (χ0) is 21.5. The molecule has 0 aliphatic carbocycles. The number of carbonyl (C=O) groups excluding carboxylic acids is 1. The van der Waals surface area contributed by atoms with Gasteiger partial charge in [0, 0.05) is 5.56 Å². The SMILES string of the molecule is CCc1ccc([C@@H](NC(=O)CSc2n[nH]c(-c3ccc(OC)cc3)n2)C(C)C)cc1. The Labute approximate surface area is 181 Å². The van der Waals surface area contributed by atoms with E-state index in [0.717, 1.165) is 23.3 Å². The van der Waals surface area contributed by atoms with Crippen LogP contribution in [0.4, 0.5) is 0 Å². The monoisotopic (exact) mass is 424 g/mol. The van der Waals surface area contributed by atoms with Crippen molar-refractivity contribution in [3.63, 3.8) is 0 Å². The summed E-state index contributed by atoms with van der Waals surface area (Å²) in [4.78, 5) is 17.0. The van der Waals surface area contributed by atoms with E-state index in [1.807, 2.05) is 24.3 Å². The van der Waals surface area contributed by atoms with E-state index in [1.165, 1.54) is 17.3 Å². The van der Waals surface area contributed by atoms with E-state index in [2.05, 4.69) is 65.5 Å². The minimum absolute atomic E-state index is 0.0222. The molecule has 0 bridgehead atoms. The molecule has 0 fully saturated rings. The largest absolute Gasteiger partial charge is 0.497 e. The number of aromatic nitrogens is 3. The van der Waals surface area contributed by atoms with E-state index in [0.29, 0.717) is 11.0 Å². The summed E-state index contributed by atoms with van der Waals surface area (Å²) in [5.74, 6) is 1.96. The third kappa shape index (κ3) is 5.63. The summed E-state index contributed by atoms with van der Waals surface area (Å²) >= 11 is 1.32. The normalized spacial score (nSPS) is 12.0. The number of aryl methyl sites for hydroxylation is 1. The van der Waals surface area contributed by atoms with Crippen LogP contribution >= 0.6 is 11.8 Å². The number of amides is 1. The number of hydrogen-bond acceptors (Lipinski definition) is 5. The van der Waals surface area contributed by atoms with E-state index in [-0.39, 0.29) is 23.6 Å². The highest BCUT2D eigenvalue weighted by molar-refractivity contribution is 7.99. The number of thioether (sulfide) groups is 1. The van der Waals surface area contributed by atoms with Gasteiger partial charge in [0.15, 0.2) is 5.82 Å². The van der Waals surface area contributed by atoms with Gasteiger partial charge in [-0.15, -0.1) is 5.10 Å². The van der Waals surface area contributed by atoms with Crippen molar-refractivity contribution >= 4 is 17.7 Å². The molecule has 30 heavy (non-hydrogen) atoms. The molecule has 1 aromatic heterocycles. The first-order valence-corrected chi connectivity index (χ1v) is 11.1. The zero-order valence-electron chi connectivity index (χ0n) is 17.8. The molecule has 0 radical (unpaired) electrons. The molecule has 158 valence electrons. The molecule has 0 aliphatic rings. The summed E-state index contributed by atoms with van der Waals surface area (Å²) in [5, 5.41) is 10.8. The minimum atomic E-state index is -0.0333. The van der Waals surface area contributed by atoms with Gasteiger partial charge in [0.2, 0.25) is 11.1 Å². The molecule has 1 amide bonds. The van der Waals surface area contributed by atoms with Gasteiger partial charge in [-0.1, -0.05) is 56.8 Å². The van der Waals surface area contributed by atoms with Crippen LogP contribution in [-0.2, 0) is 11.2 Å². The lowest BCUT2D eigenvalue weighted by Crippen LogP contribution is -2.33. The van der Waals surface area contributed by atoms with Crippen molar-refractivity contribution in [3.05, 3.63) is 59.7 Å². The third-order valence-corrected chi connectivity index (χ3v) is 5.74. The summed E-state index contributed by atoms with van der Waals surface area (Å²) in [7, 11) is 1.63. The van der Waals surface area contributed by atoms with Crippen LogP contribution < -0.4 is 10.1 Å². The fourth-order valence-corrected chi connectivity index (χ4v) is 3.74. The fraction of sp³-hybridized carbons (Fsp3) is 0.348. The number of aromatic amines is 1. The Hall–Kier alpha value is -2.80. The van der Waals surface area contributed by atoms with Crippen LogP contribution in [0.3, 0.4) is 0 Å². The molecule has 0 saturated carbocycles. The lowest BCUT2D eigenvalue weighted by Gasteiger charge is -2.23. The fourth-order valence-electron chi connectivity index (χ4n) is 3.13. The zero-order valence-corrected chi connectivity index (χ0v) is 18.6. The summed E-state index contributed by atoms with van der Waals surface area (Å²) < 4.78 is 5.17. The Bertz CT molecular complexity index is 952.